The van der Waals surface area contributed by atoms with Gasteiger partial charge in [0.25, 0.3) is 0 Å². The molecule has 2 aliphatic rings. The zero-order valence-corrected chi connectivity index (χ0v) is 14.6. The van der Waals surface area contributed by atoms with Crippen LogP contribution in [-0.4, -0.2) is 15.9 Å². The normalized spacial score (nSPS) is 16.4. The molecule has 5 nitrogen and oxygen atoms in total. The topological polar surface area (TPSA) is 80.9 Å². The van der Waals surface area contributed by atoms with Gasteiger partial charge in [-0.15, -0.1) is 0 Å². The van der Waals surface area contributed by atoms with E-state index in [4.69, 9.17) is 15.7 Å². The van der Waals surface area contributed by atoms with Crippen molar-refractivity contribution in [2.45, 2.75) is 51.9 Å². The average Bonchev–Trinajstić information content (AvgIpc) is 3.07. The average molecular weight is 336 g/mol. The first-order valence-corrected chi connectivity index (χ1v) is 9.16. The number of nitrogens with two attached hydrogens (primary N) is 1. The van der Waals surface area contributed by atoms with Crippen molar-refractivity contribution in [3.63, 3.8) is 0 Å². The van der Waals surface area contributed by atoms with Crippen molar-refractivity contribution in [1.82, 2.24) is 9.97 Å². The van der Waals surface area contributed by atoms with Crippen LogP contribution in [-0.2, 0) is 24.1 Å². The Morgan fingerprint density at radius 1 is 1.24 bits per heavy atom. The summed E-state index contributed by atoms with van der Waals surface area (Å²) in [5.74, 6) is 1.21. The second kappa shape index (κ2) is 6.47. The minimum absolute atomic E-state index is 0.0918. The molecule has 4 rings (SSSR count). The third-order valence-corrected chi connectivity index (χ3v) is 5.31. The van der Waals surface area contributed by atoms with Gasteiger partial charge in [0.05, 0.1) is 17.1 Å². The summed E-state index contributed by atoms with van der Waals surface area (Å²) in [5, 5.41) is 2.90. The molecule has 3 N–H and O–H groups in total. The second-order valence-electron chi connectivity index (χ2n) is 7.27. The Hall–Kier alpha value is -2.43. The standard InChI is InChI=1S/C20H24N4O/c1-12(25)22-20-18(10-13-4-2-3-5-13)23-19-16-8-7-15(21)11-14(16)6-9-17(19)24-20/h7-8,11,13H,2-6,9-10,21H2,1H3,(H,22,24,25). The third kappa shape index (κ3) is 3.23. The molecule has 0 bridgehead atoms. The van der Waals surface area contributed by atoms with Crippen LogP contribution in [0.3, 0.4) is 0 Å². The van der Waals surface area contributed by atoms with Gasteiger partial charge in [-0.1, -0.05) is 31.7 Å². The predicted octanol–water partition coefficient (Wildman–Crippen LogP) is 3.52. The number of nitrogen functional groups attached to an aromatic ring is 1. The number of benzene rings is 1. The highest BCUT2D eigenvalue weighted by Crippen LogP contribution is 2.35. The number of rotatable bonds is 3. The first-order valence-electron chi connectivity index (χ1n) is 9.16. The van der Waals surface area contributed by atoms with Gasteiger partial charge in [0, 0.05) is 18.2 Å². The summed E-state index contributed by atoms with van der Waals surface area (Å²) in [7, 11) is 0. The van der Waals surface area contributed by atoms with Crippen molar-refractivity contribution in [3.05, 3.63) is 35.2 Å². The maximum atomic E-state index is 11.6. The highest BCUT2D eigenvalue weighted by molar-refractivity contribution is 5.88. The van der Waals surface area contributed by atoms with E-state index in [0.29, 0.717) is 11.7 Å². The van der Waals surface area contributed by atoms with Crippen molar-refractivity contribution < 1.29 is 4.79 Å². The van der Waals surface area contributed by atoms with Crippen LogP contribution in [0.25, 0.3) is 11.3 Å². The van der Waals surface area contributed by atoms with Gasteiger partial charge >= 0.3 is 0 Å². The lowest BCUT2D eigenvalue weighted by atomic mass is 9.91. The number of carbonyl (C=O) groups is 1. The number of nitrogens with one attached hydrogen (secondary N) is 1. The maximum Gasteiger partial charge on any atom is 0.222 e. The van der Waals surface area contributed by atoms with E-state index in [1.807, 2.05) is 12.1 Å². The molecule has 1 saturated carbocycles. The molecule has 25 heavy (non-hydrogen) atoms. The second-order valence-corrected chi connectivity index (χ2v) is 7.27. The lowest BCUT2D eigenvalue weighted by Gasteiger charge is -2.22. The Kier molecular flexibility index (Phi) is 4.15. The van der Waals surface area contributed by atoms with E-state index in [-0.39, 0.29) is 5.91 Å². The molecule has 1 aromatic carbocycles. The van der Waals surface area contributed by atoms with Crippen LogP contribution in [0.4, 0.5) is 11.5 Å². The Labute approximate surface area is 148 Å². The molecular formula is C20H24N4O. The van der Waals surface area contributed by atoms with Crippen molar-refractivity contribution >= 4 is 17.4 Å². The van der Waals surface area contributed by atoms with Gasteiger partial charge < -0.3 is 11.1 Å². The van der Waals surface area contributed by atoms with E-state index in [1.54, 1.807) is 0 Å². The van der Waals surface area contributed by atoms with Crippen molar-refractivity contribution in [1.29, 1.82) is 0 Å². The molecule has 1 amide bonds. The number of hydrogen-bond donors (Lipinski definition) is 2. The van der Waals surface area contributed by atoms with Crippen LogP contribution in [0.5, 0.6) is 0 Å². The van der Waals surface area contributed by atoms with E-state index < -0.39 is 0 Å². The van der Waals surface area contributed by atoms with Crippen LogP contribution in [0, 0.1) is 5.92 Å². The molecule has 5 heteroatoms. The monoisotopic (exact) mass is 336 g/mol. The lowest BCUT2D eigenvalue weighted by molar-refractivity contribution is -0.114. The minimum Gasteiger partial charge on any atom is -0.399 e. The molecule has 1 heterocycles. The molecule has 0 saturated heterocycles. The molecule has 2 aromatic rings. The molecule has 0 radical (unpaired) electrons. The van der Waals surface area contributed by atoms with Crippen LogP contribution < -0.4 is 11.1 Å². The van der Waals surface area contributed by atoms with E-state index in [2.05, 4.69) is 11.4 Å². The summed E-state index contributed by atoms with van der Waals surface area (Å²) in [4.78, 5) is 21.4. The largest absolute Gasteiger partial charge is 0.399 e. The van der Waals surface area contributed by atoms with Crippen molar-refractivity contribution in [2.24, 2.45) is 5.92 Å². The summed E-state index contributed by atoms with van der Waals surface area (Å²) < 4.78 is 0. The number of aromatic nitrogens is 2. The van der Waals surface area contributed by atoms with Crippen LogP contribution in [0.1, 0.15) is 49.6 Å². The Morgan fingerprint density at radius 2 is 2.04 bits per heavy atom. The van der Waals surface area contributed by atoms with Gasteiger partial charge in [-0.05, 0) is 42.9 Å². The number of nitrogens with zero attached hydrogens (tertiary/aromatic N) is 2. The summed E-state index contributed by atoms with van der Waals surface area (Å²) in [6, 6.07) is 6.01. The quantitative estimate of drug-likeness (QED) is 0.840. The number of amides is 1. The molecule has 0 aliphatic heterocycles. The van der Waals surface area contributed by atoms with E-state index in [9.17, 15) is 4.79 Å². The van der Waals surface area contributed by atoms with E-state index in [1.165, 1.54) is 38.2 Å². The molecule has 130 valence electrons. The summed E-state index contributed by atoms with van der Waals surface area (Å²) in [5.41, 5.74) is 11.9. The molecule has 0 atom stereocenters. The molecular weight excluding hydrogens is 312 g/mol. The SMILES string of the molecule is CC(=O)Nc1nc2c(nc1CC1CCCC1)-c1ccc(N)cc1CC2. The maximum absolute atomic E-state index is 11.6. The summed E-state index contributed by atoms with van der Waals surface area (Å²) in [6.45, 7) is 1.53. The number of aryl methyl sites for hydroxylation is 2. The van der Waals surface area contributed by atoms with Crippen LogP contribution in [0.15, 0.2) is 18.2 Å². The van der Waals surface area contributed by atoms with Gasteiger partial charge in [-0.3, -0.25) is 4.79 Å². The molecule has 1 fully saturated rings. The Balaban J connectivity index is 1.77. The summed E-state index contributed by atoms with van der Waals surface area (Å²) in [6.07, 6.45) is 7.69. The molecule has 0 unspecified atom stereocenters. The van der Waals surface area contributed by atoms with Gasteiger partial charge in [0.2, 0.25) is 5.91 Å². The van der Waals surface area contributed by atoms with Gasteiger partial charge in [0.15, 0.2) is 5.82 Å². The fraction of sp³-hybridized carbons (Fsp3) is 0.450. The summed E-state index contributed by atoms with van der Waals surface area (Å²) >= 11 is 0. The minimum atomic E-state index is -0.0918. The van der Waals surface area contributed by atoms with E-state index >= 15 is 0 Å². The Bertz CT molecular complexity index is 825. The first kappa shape index (κ1) is 16.1. The number of fused-ring (bicyclic) bond motifs is 3. The molecule has 1 aromatic heterocycles. The fourth-order valence-electron chi connectivity index (χ4n) is 4.10. The molecule has 0 spiro atoms. The highest BCUT2D eigenvalue weighted by atomic mass is 16.1. The number of hydrogen-bond acceptors (Lipinski definition) is 4. The fourth-order valence-corrected chi connectivity index (χ4v) is 4.10. The number of anilines is 2. The van der Waals surface area contributed by atoms with Crippen LogP contribution in [0.2, 0.25) is 0 Å². The predicted molar refractivity (Wildman–Crippen MR) is 99.3 cm³/mol. The number of carbonyl (C=O) groups excluding carboxylic acids is 1. The van der Waals surface area contributed by atoms with Gasteiger partial charge in [-0.25, -0.2) is 9.97 Å². The third-order valence-electron chi connectivity index (χ3n) is 5.31. The van der Waals surface area contributed by atoms with Gasteiger partial charge in [0.1, 0.15) is 0 Å². The molecule has 2 aliphatic carbocycles. The van der Waals surface area contributed by atoms with E-state index in [0.717, 1.165) is 47.6 Å². The lowest BCUT2D eigenvalue weighted by Crippen LogP contribution is -2.17. The van der Waals surface area contributed by atoms with Gasteiger partial charge in [-0.2, -0.15) is 0 Å². The first-order chi connectivity index (χ1) is 12.1. The Morgan fingerprint density at radius 3 is 2.80 bits per heavy atom. The zero-order chi connectivity index (χ0) is 17.4. The zero-order valence-electron chi connectivity index (χ0n) is 14.6. The highest BCUT2D eigenvalue weighted by Gasteiger charge is 2.24. The van der Waals surface area contributed by atoms with Crippen LogP contribution >= 0.6 is 0 Å². The van der Waals surface area contributed by atoms with Crippen molar-refractivity contribution in [2.75, 3.05) is 11.1 Å². The van der Waals surface area contributed by atoms with Crippen molar-refractivity contribution in [3.8, 4) is 11.3 Å². The smallest absolute Gasteiger partial charge is 0.222 e.